The number of nitrogens with one attached hydrogen (secondary N) is 1. The molecule has 1 rings (SSSR count). The number of halogens is 3. The number of hydrogen-bond donors (Lipinski definition) is 2. The maximum atomic E-state index is 12.6. The fourth-order valence-electron chi connectivity index (χ4n) is 1.69. The number of hydrogen-bond acceptors (Lipinski definition) is 2. The summed E-state index contributed by atoms with van der Waals surface area (Å²) in [5.41, 5.74) is 6.04. The van der Waals surface area contributed by atoms with Gasteiger partial charge in [-0.1, -0.05) is 12.1 Å². The van der Waals surface area contributed by atoms with Crippen molar-refractivity contribution in [2.45, 2.75) is 26.1 Å². The molecular weight excluding hydrogens is 243 g/mol. The van der Waals surface area contributed by atoms with E-state index in [2.05, 4.69) is 0 Å². The van der Waals surface area contributed by atoms with Gasteiger partial charge in [0.2, 0.25) is 0 Å². The summed E-state index contributed by atoms with van der Waals surface area (Å²) in [6.45, 7) is 2.28. The zero-order valence-corrected chi connectivity index (χ0v) is 10.3. The van der Waals surface area contributed by atoms with Crippen molar-refractivity contribution in [3.8, 4) is 0 Å². The number of benzene rings is 1. The summed E-state index contributed by atoms with van der Waals surface area (Å²) < 4.78 is 37.7. The molecule has 0 amide bonds. The van der Waals surface area contributed by atoms with Crippen LogP contribution in [0, 0.1) is 5.41 Å². The zero-order valence-electron chi connectivity index (χ0n) is 10.3. The van der Waals surface area contributed by atoms with Crippen LogP contribution in [0.25, 0.3) is 0 Å². The van der Waals surface area contributed by atoms with E-state index in [1.165, 1.54) is 4.90 Å². The summed E-state index contributed by atoms with van der Waals surface area (Å²) in [5.74, 6) is -0.238. The van der Waals surface area contributed by atoms with E-state index < -0.39 is 12.7 Å². The van der Waals surface area contributed by atoms with Gasteiger partial charge in [0.25, 0.3) is 0 Å². The molecule has 100 valence electrons. The summed E-state index contributed by atoms with van der Waals surface area (Å²) in [5, 5.41) is 7.41. The third-order valence-electron chi connectivity index (χ3n) is 2.48. The van der Waals surface area contributed by atoms with Crippen molar-refractivity contribution in [1.29, 1.82) is 5.41 Å². The Kier molecular flexibility index (Phi) is 4.21. The molecule has 0 unspecified atom stereocenters. The van der Waals surface area contributed by atoms with Crippen molar-refractivity contribution in [3.63, 3.8) is 0 Å². The number of para-hydroxylation sites is 1. The van der Waals surface area contributed by atoms with Crippen LogP contribution in [-0.4, -0.2) is 24.6 Å². The topological polar surface area (TPSA) is 53.1 Å². The van der Waals surface area contributed by atoms with Crippen molar-refractivity contribution in [2.75, 3.05) is 11.4 Å². The monoisotopic (exact) mass is 259 g/mol. The van der Waals surface area contributed by atoms with Crippen LogP contribution in [0.1, 0.15) is 19.4 Å². The maximum Gasteiger partial charge on any atom is 0.405 e. The van der Waals surface area contributed by atoms with E-state index in [9.17, 15) is 13.2 Å². The van der Waals surface area contributed by atoms with Crippen LogP contribution in [0.15, 0.2) is 24.3 Å². The van der Waals surface area contributed by atoms with Gasteiger partial charge in [-0.25, -0.2) is 0 Å². The number of nitrogens with zero attached hydrogens (tertiary/aromatic N) is 1. The summed E-state index contributed by atoms with van der Waals surface area (Å²) in [7, 11) is 0. The van der Waals surface area contributed by atoms with E-state index in [4.69, 9.17) is 11.1 Å². The molecule has 3 nitrogen and oxygen atoms in total. The van der Waals surface area contributed by atoms with Crippen LogP contribution in [0.4, 0.5) is 18.9 Å². The highest BCUT2D eigenvalue weighted by molar-refractivity contribution is 6.00. The molecule has 1 aromatic carbocycles. The van der Waals surface area contributed by atoms with E-state index in [1.807, 2.05) is 0 Å². The third-order valence-corrected chi connectivity index (χ3v) is 2.48. The minimum atomic E-state index is -4.30. The van der Waals surface area contributed by atoms with Gasteiger partial charge in [0.15, 0.2) is 0 Å². The van der Waals surface area contributed by atoms with E-state index in [-0.39, 0.29) is 11.9 Å². The van der Waals surface area contributed by atoms with Crippen LogP contribution in [0.3, 0.4) is 0 Å². The molecule has 0 radical (unpaired) electrons. The summed E-state index contributed by atoms with van der Waals surface area (Å²) in [6.07, 6.45) is -4.30. The number of nitrogen functional groups attached to an aromatic ring is 1. The van der Waals surface area contributed by atoms with Crippen LogP contribution >= 0.6 is 0 Å². The highest BCUT2D eigenvalue weighted by Gasteiger charge is 2.32. The van der Waals surface area contributed by atoms with E-state index in [0.717, 1.165) is 0 Å². The first-order valence-electron chi connectivity index (χ1n) is 5.49. The minimum absolute atomic E-state index is 0.238. The average Bonchev–Trinajstić information content (AvgIpc) is 2.24. The normalized spacial score (nSPS) is 11.7. The van der Waals surface area contributed by atoms with Crippen molar-refractivity contribution in [2.24, 2.45) is 5.73 Å². The number of anilines is 1. The van der Waals surface area contributed by atoms with Gasteiger partial charge in [0.05, 0.1) is 0 Å². The molecule has 0 saturated heterocycles. The molecule has 0 aliphatic heterocycles. The SMILES string of the molecule is CC(C)N(CC(F)(F)F)c1ccccc1C(=N)N. The molecule has 0 saturated carbocycles. The Bertz CT molecular complexity index is 427. The Labute approximate surface area is 104 Å². The van der Waals surface area contributed by atoms with Gasteiger partial charge < -0.3 is 10.6 Å². The average molecular weight is 259 g/mol. The lowest BCUT2D eigenvalue weighted by atomic mass is 10.1. The van der Waals surface area contributed by atoms with Crippen LogP contribution in [0.5, 0.6) is 0 Å². The molecule has 1 aromatic rings. The number of alkyl halides is 3. The summed E-state index contributed by atoms with van der Waals surface area (Å²) >= 11 is 0. The van der Waals surface area contributed by atoms with Crippen molar-refractivity contribution in [3.05, 3.63) is 29.8 Å². The van der Waals surface area contributed by atoms with Crippen molar-refractivity contribution in [1.82, 2.24) is 0 Å². The smallest absolute Gasteiger partial charge is 0.384 e. The first-order chi connectivity index (χ1) is 8.22. The van der Waals surface area contributed by atoms with Gasteiger partial charge >= 0.3 is 6.18 Å². The molecule has 0 aromatic heterocycles. The molecule has 0 bridgehead atoms. The molecule has 6 heteroatoms. The lowest BCUT2D eigenvalue weighted by Gasteiger charge is -2.31. The fourth-order valence-corrected chi connectivity index (χ4v) is 1.69. The van der Waals surface area contributed by atoms with Gasteiger partial charge in [-0.15, -0.1) is 0 Å². The van der Waals surface area contributed by atoms with Gasteiger partial charge in [-0.2, -0.15) is 13.2 Å². The van der Waals surface area contributed by atoms with E-state index in [1.54, 1.807) is 38.1 Å². The Morgan fingerprint density at radius 1 is 1.33 bits per heavy atom. The second kappa shape index (κ2) is 5.29. The second-order valence-corrected chi connectivity index (χ2v) is 4.27. The van der Waals surface area contributed by atoms with Gasteiger partial charge in [0.1, 0.15) is 12.4 Å². The lowest BCUT2D eigenvalue weighted by Crippen LogP contribution is -2.40. The Hall–Kier alpha value is -1.72. The fraction of sp³-hybridized carbons (Fsp3) is 0.417. The molecule has 0 spiro atoms. The molecule has 0 atom stereocenters. The number of rotatable bonds is 4. The lowest BCUT2D eigenvalue weighted by molar-refractivity contribution is -0.120. The molecule has 0 aliphatic rings. The van der Waals surface area contributed by atoms with Crippen molar-refractivity contribution < 1.29 is 13.2 Å². The molecule has 0 fully saturated rings. The standard InChI is InChI=1S/C12H16F3N3/c1-8(2)18(7-12(13,14)15)10-6-4-3-5-9(10)11(16)17/h3-6,8H,7H2,1-2H3,(H3,16,17). The van der Waals surface area contributed by atoms with Gasteiger partial charge in [0, 0.05) is 17.3 Å². The highest BCUT2D eigenvalue weighted by atomic mass is 19.4. The highest BCUT2D eigenvalue weighted by Crippen LogP contribution is 2.26. The van der Waals surface area contributed by atoms with E-state index >= 15 is 0 Å². The number of amidine groups is 1. The second-order valence-electron chi connectivity index (χ2n) is 4.27. The summed E-state index contributed by atoms with van der Waals surface area (Å²) in [4.78, 5) is 1.19. The number of nitrogens with two attached hydrogens (primary N) is 1. The van der Waals surface area contributed by atoms with Crippen LogP contribution < -0.4 is 10.6 Å². The molecule has 0 heterocycles. The molecule has 0 aliphatic carbocycles. The van der Waals surface area contributed by atoms with Gasteiger partial charge in [-0.05, 0) is 26.0 Å². The molecular formula is C12H16F3N3. The summed E-state index contributed by atoms with van der Waals surface area (Å²) in [6, 6.07) is 6.03. The van der Waals surface area contributed by atoms with E-state index in [0.29, 0.717) is 11.3 Å². The first kappa shape index (κ1) is 14.3. The largest absolute Gasteiger partial charge is 0.405 e. The Morgan fingerprint density at radius 2 is 1.89 bits per heavy atom. The molecule has 18 heavy (non-hydrogen) atoms. The van der Waals surface area contributed by atoms with Gasteiger partial charge in [-0.3, -0.25) is 5.41 Å². The zero-order chi connectivity index (χ0) is 13.9. The Morgan fingerprint density at radius 3 is 2.33 bits per heavy atom. The first-order valence-corrected chi connectivity index (χ1v) is 5.49. The van der Waals surface area contributed by atoms with Crippen molar-refractivity contribution >= 4 is 11.5 Å². The van der Waals surface area contributed by atoms with Crippen LogP contribution in [-0.2, 0) is 0 Å². The predicted molar refractivity (Wildman–Crippen MR) is 66.0 cm³/mol. The quantitative estimate of drug-likeness (QED) is 0.645. The maximum absolute atomic E-state index is 12.6. The third kappa shape index (κ3) is 3.65. The Balaban J connectivity index is 3.18. The minimum Gasteiger partial charge on any atom is -0.384 e. The molecule has 3 N–H and O–H groups in total. The van der Waals surface area contributed by atoms with Crippen LogP contribution in [0.2, 0.25) is 0 Å². The predicted octanol–water partition coefficient (Wildman–Crippen LogP) is 2.75.